The molecule has 212 valence electrons. The molecule has 3 heterocycles. The Morgan fingerprint density at radius 1 is 1.21 bits per heavy atom. The molecule has 4 rings (SSSR count). The zero-order valence-electron chi connectivity index (χ0n) is 23.3. The van der Waals surface area contributed by atoms with Crippen LogP contribution in [0.2, 0.25) is 0 Å². The van der Waals surface area contributed by atoms with Gasteiger partial charge in [-0.05, 0) is 38.2 Å². The summed E-state index contributed by atoms with van der Waals surface area (Å²) < 4.78 is 6.61. The predicted octanol–water partition coefficient (Wildman–Crippen LogP) is 3.16. The van der Waals surface area contributed by atoms with Crippen LogP contribution < -0.4 is 0 Å². The molecule has 3 aliphatic rings. The van der Waals surface area contributed by atoms with Crippen molar-refractivity contribution in [2.45, 2.75) is 76.3 Å². The van der Waals surface area contributed by atoms with Crippen molar-refractivity contribution in [1.29, 1.82) is 0 Å². The van der Waals surface area contributed by atoms with Crippen molar-refractivity contribution >= 4 is 17.7 Å². The Morgan fingerprint density at radius 3 is 2.56 bits per heavy atom. The first-order chi connectivity index (χ1) is 18.8. The Kier molecular flexibility index (Phi) is 9.28. The molecule has 3 amide bonds. The summed E-state index contributed by atoms with van der Waals surface area (Å²) in [6.45, 7) is 13.1. The number of ether oxygens (including phenoxy) is 1. The first kappa shape index (κ1) is 29.0. The molecule has 2 bridgehead atoms. The van der Waals surface area contributed by atoms with Gasteiger partial charge in [0.25, 0.3) is 0 Å². The number of carbonyl (C=O) groups excluding carboxylic acids is 3. The number of hydrogen-bond acceptors (Lipinski definition) is 5. The maximum Gasteiger partial charge on any atom is 0.248 e. The lowest BCUT2D eigenvalue weighted by atomic mass is 9.70. The van der Waals surface area contributed by atoms with E-state index in [0.717, 1.165) is 18.4 Å². The molecule has 1 aromatic carbocycles. The van der Waals surface area contributed by atoms with Gasteiger partial charge in [-0.25, -0.2) is 0 Å². The second-order valence-corrected chi connectivity index (χ2v) is 11.1. The quantitative estimate of drug-likeness (QED) is 0.368. The summed E-state index contributed by atoms with van der Waals surface area (Å²) in [7, 11) is 0. The number of nitrogens with zero attached hydrogens (tertiary/aromatic N) is 3. The van der Waals surface area contributed by atoms with Crippen molar-refractivity contribution in [2.24, 2.45) is 11.8 Å². The Labute approximate surface area is 232 Å². The van der Waals surface area contributed by atoms with Crippen molar-refractivity contribution in [3.63, 3.8) is 0 Å². The third-order valence-corrected chi connectivity index (χ3v) is 8.60. The minimum absolute atomic E-state index is 0.0317. The normalized spacial score (nSPS) is 27.8. The SMILES string of the molecule is C=CCN(Cc1ccccc1)C(=O)[C@@H]1[C@H]2C(=O)N(CCCO)C(C(=O)N(CC=C)C(C)CCC)C23CC[C@H]1O3. The van der Waals surface area contributed by atoms with E-state index in [-0.39, 0.29) is 36.9 Å². The van der Waals surface area contributed by atoms with Crippen LogP contribution >= 0.6 is 0 Å². The molecule has 0 aromatic heterocycles. The number of amides is 3. The molecule has 0 radical (unpaired) electrons. The molecular formula is C31H43N3O5. The monoisotopic (exact) mass is 537 g/mol. The highest BCUT2D eigenvalue weighted by molar-refractivity contribution is 5.99. The number of aliphatic hydroxyl groups is 1. The fourth-order valence-corrected chi connectivity index (χ4v) is 6.96. The van der Waals surface area contributed by atoms with E-state index >= 15 is 0 Å². The molecule has 1 aromatic rings. The molecule has 8 heteroatoms. The van der Waals surface area contributed by atoms with E-state index in [2.05, 4.69) is 20.1 Å². The van der Waals surface area contributed by atoms with Crippen molar-refractivity contribution < 1.29 is 24.2 Å². The molecule has 3 unspecified atom stereocenters. The third-order valence-electron chi connectivity index (χ3n) is 8.60. The predicted molar refractivity (Wildman–Crippen MR) is 149 cm³/mol. The van der Waals surface area contributed by atoms with Crippen molar-refractivity contribution in [2.75, 3.05) is 26.2 Å². The first-order valence-corrected chi connectivity index (χ1v) is 14.3. The van der Waals surface area contributed by atoms with Gasteiger partial charge in [0.05, 0.1) is 17.9 Å². The summed E-state index contributed by atoms with van der Waals surface area (Å²) in [5.41, 5.74) is -0.0566. The second kappa shape index (κ2) is 12.5. The van der Waals surface area contributed by atoms with Gasteiger partial charge in [-0.1, -0.05) is 55.8 Å². The van der Waals surface area contributed by atoms with Gasteiger partial charge in [-0.3, -0.25) is 14.4 Å². The smallest absolute Gasteiger partial charge is 0.248 e. The summed E-state index contributed by atoms with van der Waals surface area (Å²) in [6, 6.07) is 8.89. The lowest BCUT2D eigenvalue weighted by Gasteiger charge is -2.39. The summed E-state index contributed by atoms with van der Waals surface area (Å²) in [5.74, 6) is -1.91. The molecule has 3 saturated heterocycles. The number of fused-ring (bicyclic) bond motifs is 1. The van der Waals surface area contributed by atoms with Gasteiger partial charge in [-0.15, -0.1) is 13.2 Å². The minimum Gasteiger partial charge on any atom is -0.396 e. The first-order valence-electron chi connectivity index (χ1n) is 14.3. The number of hydrogen-bond donors (Lipinski definition) is 1. The minimum atomic E-state index is -1.05. The van der Waals surface area contributed by atoms with E-state index in [1.165, 1.54) is 0 Å². The van der Waals surface area contributed by atoms with Crippen LogP contribution in [0, 0.1) is 11.8 Å². The van der Waals surface area contributed by atoms with Gasteiger partial charge < -0.3 is 24.5 Å². The molecule has 3 aliphatic heterocycles. The second-order valence-electron chi connectivity index (χ2n) is 11.1. The molecule has 3 fully saturated rings. The van der Waals surface area contributed by atoms with Gasteiger partial charge in [0.1, 0.15) is 11.6 Å². The highest BCUT2D eigenvalue weighted by Crippen LogP contribution is 2.59. The Balaban J connectivity index is 1.69. The van der Waals surface area contributed by atoms with Crippen molar-refractivity contribution in [3.8, 4) is 0 Å². The lowest BCUT2D eigenvalue weighted by Crippen LogP contribution is -2.58. The molecule has 8 nitrogen and oxygen atoms in total. The summed E-state index contributed by atoms with van der Waals surface area (Å²) in [6.07, 6.45) is 6.27. The largest absolute Gasteiger partial charge is 0.396 e. The van der Waals surface area contributed by atoms with E-state index in [4.69, 9.17) is 4.74 Å². The van der Waals surface area contributed by atoms with Gasteiger partial charge in [-0.2, -0.15) is 0 Å². The standard InChI is InChI=1S/C31H43N3O5/c1-5-12-22(4)33(18-7-3)30(38)27-31-16-15-24(39-31)25(26(31)29(37)34(27)19-11-20-35)28(36)32(17-6-2)21-23-13-9-8-10-14-23/h6-10,13-14,22,24-27,35H,2-3,5,11-12,15-21H2,1,4H3/t22?,24-,25+,26+,27?,31?/m1/s1. The van der Waals surface area contributed by atoms with E-state index in [1.807, 2.05) is 37.3 Å². The Hall–Kier alpha value is -2.97. The van der Waals surface area contributed by atoms with E-state index in [0.29, 0.717) is 38.9 Å². The summed E-state index contributed by atoms with van der Waals surface area (Å²) in [5, 5.41) is 9.59. The summed E-state index contributed by atoms with van der Waals surface area (Å²) in [4.78, 5) is 47.6. The highest BCUT2D eigenvalue weighted by atomic mass is 16.5. The number of aliphatic hydroxyl groups excluding tert-OH is 1. The van der Waals surface area contributed by atoms with Crippen LogP contribution in [-0.2, 0) is 25.7 Å². The van der Waals surface area contributed by atoms with E-state index in [9.17, 15) is 19.5 Å². The fourth-order valence-electron chi connectivity index (χ4n) is 6.96. The van der Waals surface area contributed by atoms with Crippen LogP contribution in [0.1, 0.15) is 51.5 Å². The molecule has 1 spiro atoms. The average molecular weight is 538 g/mol. The van der Waals surface area contributed by atoms with Gasteiger partial charge in [0.15, 0.2) is 0 Å². The molecule has 0 saturated carbocycles. The maximum absolute atomic E-state index is 14.3. The average Bonchev–Trinajstić information content (AvgIpc) is 3.57. The van der Waals surface area contributed by atoms with Gasteiger partial charge in [0, 0.05) is 38.8 Å². The lowest BCUT2D eigenvalue weighted by molar-refractivity contribution is -0.150. The van der Waals surface area contributed by atoms with Gasteiger partial charge in [0.2, 0.25) is 17.7 Å². The third kappa shape index (κ3) is 5.29. The molecule has 39 heavy (non-hydrogen) atoms. The van der Waals surface area contributed by atoms with Crippen LogP contribution in [0.25, 0.3) is 0 Å². The van der Waals surface area contributed by atoms with Crippen LogP contribution in [0.15, 0.2) is 55.6 Å². The number of benzene rings is 1. The van der Waals surface area contributed by atoms with Crippen LogP contribution in [0.3, 0.4) is 0 Å². The van der Waals surface area contributed by atoms with Crippen LogP contribution in [0.5, 0.6) is 0 Å². The number of likely N-dealkylation sites (tertiary alicyclic amines) is 1. The molecular weight excluding hydrogens is 494 g/mol. The van der Waals surface area contributed by atoms with Crippen LogP contribution in [-0.4, -0.2) is 87.6 Å². The van der Waals surface area contributed by atoms with Crippen molar-refractivity contribution in [3.05, 3.63) is 61.2 Å². The summed E-state index contributed by atoms with van der Waals surface area (Å²) >= 11 is 0. The Morgan fingerprint density at radius 2 is 1.92 bits per heavy atom. The molecule has 0 aliphatic carbocycles. The van der Waals surface area contributed by atoms with Gasteiger partial charge >= 0.3 is 0 Å². The number of rotatable bonds is 14. The zero-order chi connectivity index (χ0) is 28.2. The topological polar surface area (TPSA) is 90.4 Å². The fraction of sp³-hybridized carbons (Fsp3) is 0.581. The number of carbonyl (C=O) groups is 3. The maximum atomic E-state index is 14.3. The Bertz CT molecular complexity index is 1060. The molecule has 1 N–H and O–H groups in total. The molecule has 6 atom stereocenters. The van der Waals surface area contributed by atoms with E-state index in [1.54, 1.807) is 26.9 Å². The van der Waals surface area contributed by atoms with Crippen LogP contribution in [0.4, 0.5) is 0 Å². The van der Waals surface area contributed by atoms with Crippen molar-refractivity contribution in [1.82, 2.24) is 14.7 Å². The van der Waals surface area contributed by atoms with E-state index < -0.39 is 29.6 Å². The zero-order valence-corrected chi connectivity index (χ0v) is 23.3. The highest BCUT2D eigenvalue weighted by Gasteiger charge is 2.74.